The fourth-order valence-corrected chi connectivity index (χ4v) is 1.59. The first-order chi connectivity index (χ1) is 8.65. The number of amidine groups is 1. The predicted molar refractivity (Wildman–Crippen MR) is 70.8 cm³/mol. The summed E-state index contributed by atoms with van der Waals surface area (Å²) in [6.07, 6.45) is 0. The second-order valence-electron chi connectivity index (χ2n) is 4.00. The van der Waals surface area contributed by atoms with Gasteiger partial charge in [-0.25, -0.2) is 0 Å². The second-order valence-corrected chi connectivity index (χ2v) is 4.00. The molecule has 0 aliphatic heterocycles. The normalized spacial score (nSPS) is 10.1. The van der Waals surface area contributed by atoms with Crippen LogP contribution in [0.3, 0.4) is 0 Å². The van der Waals surface area contributed by atoms with Crippen LogP contribution in [0.4, 0.5) is 0 Å². The van der Waals surface area contributed by atoms with E-state index in [-0.39, 0.29) is 5.84 Å². The van der Waals surface area contributed by atoms with Gasteiger partial charge in [0.15, 0.2) is 0 Å². The third-order valence-electron chi connectivity index (χ3n) is 2.48. The summed E-state index contributed by atoms with van der Waals surface area (Å²) in [6.45, 7) is 2.35. The highest BCUT2D eigenvalue weighted by Crippen LogP contribution is 2.14. The summed E-state index contributed by atoms with van der Waals surface area (Å²) < 4.78 is 5.62. The largest absolute Gasteiger partial charge is 0.487 e. The maximum atomic E-state index is 7.37. The molecule has 1 aromatic heterocycles. The molecule has 0 amide bonds. The average Bonchev–Trinajstić information content (AvgIpc) is 2.37. The van der Waals surface area contributed by atoms with E-state index in [9.17, 15) is 0 Å². The average molecular weight is 241 g/mol. The molecule has 18 heavy (non-hydrogen) atoms. The number of nitrogens with two attached hydrogens (primary N) is 1. The van der Waals surface area contributed by atoms with Gasteiger partial charge in [-0.15, -0.1) is 0 Å². The van der Waals surface area contributed by atoms with Crippen molar-refractivity contribution < 1.29 is 4.74 Å². The maximum Gasteiger partial charge on any atom is 0.130 e. The number of rotatable bonds is 4. The lowest BCUT2D eigenvalue weighted by atomic mass is 10.2. The van der Waals surface area contributed by atoms with Crippen molar-refractivity contribution in [3.63, 3.8) is 0 Å². The Balaban J connectivity index is 2.06. The number of benzene rings is 1. The van der Waals surface area contributed by atoms with Gasteiger partial charge in [-0.05, 0) is 31.2 Å². The summed E-state index contributed by atoms with van der Waals surface area (Å²) in [6, 6.07) is 13.0. The zero-order valence-electron chi connectivity index (χ0n) is 10.2. The molecule has 0 unspecified atom stereocenters. The summed E-state index contributed by atoms with van der Waals surface area (Å²) in [5.74, 6) is 0.722. The molecule has 0 radical (unpaired) electrons. The first-order valence-corrected chi connectivity index (χ1v) is 5.65. The topological polar surface area (TPSA) is 72.0 Å². The standard InChI is InChI=1S/C14H15N3O/c1-10-4-2-6-12(17-10)9-18-13-7-3-5-11(8-13)14(15)16/h2-8H,9H2,1H3,(H3,15,16). The quantitative estimate of drug-likeness (QED) is 0.637. The fraction of sp³-hybridized carbons (Fsp3) is 0.143. The number of hydrogen-bond acceptors (Lipinski definition) is 3. The molecule has 0 saturated heterocycles. The predicted octanol–water partition coefficient (Wildman–Crippen LogP) is 2.25. The Hall–Kier alpha value is -2.36. The highest BCUT2D eigenvalue weighted by molar-refractivity contribution is 5.95. The summed E-state index contributed by atoms with van der Waals surface area (Å²) in [5.41, 5.74) is 7.93. The molecule has 0 aliphatic carbocycles. The molecule has 0 spiro atoms. The van der Waals surface area contributed by atoms with E-state index in [4.69, 9.17) is 15.9 Å². The highest BCUT2D eigenvalue weighted by Gasteiger charge is 2.01. The van der Waals surface area contributed by atoms with Crippen molar-refractivity contribution in [1.29, 1.82) is 5.41 Å². The van der Waals surface area contributed by atoms with Crippen molar-refractivity contribution in [2.45, 2.75) is 13.5 Å². The summed E-state index contributed by atoms with van der Waals surface area (Å²) in [5, 5.41) is 7.37. The Morgan fingerprint density at radius 1 is 1.28 bits per heavy atom. The Labute approximate surface area is 106 Å². The molecular weight excluding hydrogens is 226 g/mol. The molecule has 92 valence electrons. The summed E-state index contributed by atoms with van der Waals surface area (Å²) in [7, 11) is 0. The van der Waals surface area contributed by atoms with Crippen LogP contribution in [-0.2, 0) is 6.61 Å². The Morgan fingerprint density at radius 2 is 2.06 bits per heavy atom. The third-order valence-corrected chi connectivity index (χ3v) is 2.48. The van der Waals surface area contributed by atoms with Gasteiger partial charge in [-0.1, -0.05) is 18.2 Å². The summed E-state index contributed by atoms with van der Waals surface area (Å²) >= 11 is 0. The number of nitrogen functional groups attached to an aromatic ring is 1. The van der Waals surface area contributed by atoms with E-state index in [1.807, 2.05) is 37.3 Å². The van der Waals surface area contributed by atoms with Crippen molar-refractivity contribution in [2.75, 3.05) is 0 Å². The van der Waals surface area contributed by atoms with Gasteiger partial charge in [0.05, 0.1) is 5.69 Å². The van der Waals surface area contributed by atoms with Crippen molar-refractivity contribution in [3.05, 3.63) is 59.4 Å². The Kier molecular flexibility index (Phi) is 3.57. The van der Waals surface area contributed by atoms with Crippen LogP contribution in [0.15, 0.2) is 42.5 Å². The van der Waals surface area contributed by atoms with Crippen molar-refractivity contribution in [3.8, 4) is 5.75 Å². The van der Waals surface area contributed by atoms with Crippen LogP contribution >= 0.6 is 0 Å². The van der Waals surface area contributed by atoms with Gasteiger partial charge in [0.25, 0.3) is 0 Å². The monoisotopic (exact) mass is 241 g/mol. The molecular formula is C14H15N3O. The first-order valence-electron chi connectivity index (χ1n) is 5.65. The van der Waals surface area contributed by atoms with Gasteiger partial charge < -0.3 is 10.5 Å². The molecule has 4 heteroatoms. The minimum absolute atomic E-state index is 0.0362. The minimum atomic E-state index is 0.0362. The van der Waals surface area contributed by atoms with Gasteiger partial charge in [-0.3, -0.25) is 10.4 Å². The number of nitrogens with zero attached hydrogens (tertiary/aromatic N) is 1. The summed E-state index contributed by atoms with van der Waals surface area (Å²) in [4.78, 5) is 4.35. The highest BCUT2D eigenvalue weighted by atomic mass is 16.5. The van der Waals surface area contributed by atoms with Crippen LogP contribution in [0.2, 0.25) is 0 Å². The lowest BCUT2D eigenvalue weighted by Gasteiger charge is -2.07. The van der Waals surface area contributed by atoms with Gasteiger partial charge in [-0.2, -0.15) is 0 Å². The molecule has 1 aromatic carbocycles. The first kappa shape index (κ1) is 12.1. The Morgan fingerprint density at radius 3 is 2.78 bits per heavy atom. The van der Waals surface area contributed by atoms with E-state index < -0.39 is 0 Å². The minimum Gasteiger partial charge on any atom is -0.487 e. The maximum absolute atomic E-state index is 7.37. The zero-order valence-corrected chi connectivity index (χ0v) is 10.2. The molecule has 2 aromatic rings. The van der Waals surface area contributed by atoms with Crippen LogP contribution in [0.5, 0.6) is 5.75 Å². The molecule has 0 fully saturated rings. The number of nitrogens with one attached hydrogen (secondary N) is 1. The second kappa shape index (κ2) is 5.31. The fourth-order valence-electron chi connectivity index (χ4n) is 1.59. The van der Waals surface area contributed by atoms with E-state index in [1.54, 1.807) is 12.1 Å². The van der Waals surface area contributed by atoms with Gasteiger partial charge >= 0.3 is 0 Å². The van der Waals surface area contributed by atoms with Crippen LogP contribution in [0.25, 0.3) is 0 Å². The SMILES string of the molecule is Cc1cccc(COc2cccc(C(=N)N)c2)n1. The van der Waals surface area contributed by atoms with Crippen LogP contribution in [0.1, 0.15) is 17.0 Å². The lowest BCUT2D eigenvalue weighted by Crippen LogP contribution is -2.10. The van der Waals surface area contributed by atoms with Crippen LogP contribution in [-0.4, -0.2) is 10.8 Å². The number of aryl methyl sites for hydroxylation is 1. The van der Waals surface area contributed by atoms with Crippen molar-refractivity contribution in [2.24, 2.45) is 5.73 Å². The molecule has 2 rings (SSSR count). The molecule has 0 aliphatic rings. The number of aromatic nitrogens is 1. The number of ether oxygens (including phenoxy) is 1. The molecule has 4 nitrogen and oxygen atoms in total. The van der Waals surface area contributed by atoms with E-state index in [2.05, 4.69) is 4.98 Å². The van der Waals surface area contributed by atoms with Gasteiger partial charge in [0, 0.05) is 11.3 Å². The number of hydrogen-bond donors (Lipinski definition) is 2. The Bertz CT molecular complexity index is 566. The van der Waals surface area contributed by atoms with E-state index in [1.165, 1.54) is 0 Å². The van der Waals surface area contributed by atoms with E-state index >= 15 is 0 Å². The molecule has 0 saturated carbocycles. The van der Waals surface area contributed by atoms with Crippen molar-refractivity contribution in [1.82, 2.24) is 4.98 Å². The third kappa shape index (κ3) is 3.07. The molecule has 1 heterocycles. The van der Waals surface area contributed by atoms with Gasteiger partial charge in [0.1, 0.15) is 18.2 Å². The zero-order chi connectivity index (χ0) is 13.0. The molecule has 3 N–H and O–H groups in total. The lowest BCUT2D eigenvalue weighted by molar-refractivity contribution is 0.301. The van der Waals surface area contributed by atoms with E-state index in [0.717, 1.165) is 11.4 Å². The molecule has 0 atom stereocenters. The smallest absolute Gasteiger partial charge is 0.130 e. The molecule has 0 bridgehead atoms. The number of pyridine rings is 1. The van der Waals surface area contributed by atoms with Crippen molar-refractivity contribution >= 4 is 5.84 Å². The van der Waals surface area contributed by atoms with E-state index in [0.29, 0.717) is 17.9 Å². The van der Waals surface area contributed by atoms with Crippen LogP contribution < -0.4 is 10.5 Å². The van der Waals surface area contributed by atoms with Crippen LogP contribution in [0, 0.1) is 12.3 Å². The van der Waals surface area contributed by atoms with Gasteiger partial charge in [0.2, 0.25) is 0 Å².